The van der Waals surface area contributed by atoms with Gasteiger partial charge in [0.2, 0.25) is 0 Å². The molecule has 0 saturated heterocycles. The molecule has 26 heavy (non-hydrogen) atoms. The number of nitro benzene ring substituents is 1. The summed E-state index contributed by atoms with van der Waals surface area (Å²) in [5, 5.41) is 20.3. The van der Waals surface area contributed by atoms with Gasteiger partial charge in [-0.1, -0.05) is 63.3 Å². The van der Waals surface area contributed by atoms with Gasteiger partial charge in [0.05, 0.1) is 16.1 Å². The highest BCUT2D eigenvalue weighted by Gasteiger charge is 2.18. The van der Waals surface area contributed by atoms with Gasteiger partial charge in [0.15, 0.2) is 0 Å². The van der Waals surface area contributed by atoms with Gasteiger partial charge in [-0.25, -0.2) is 4.79 Å². The van der Waals surface area contributed by atoms with Crippen LogP contribution in [0.2, 0.25) is 0 Å². The van der Waals surface area contributed by atoms with Crippen molar-refractivity contribution in [2.24, 2.45) is 0 Å². The number of carboxylic acid groups (broad SMARTS) is 1. The van der Waals surface area contributed by atoms with E-state index in [1.807, 2.05) is 24.3 Å². The topological polar surface area (TPSA) is 80.4 Å². The summed E-state index contributed by atoms with van der Waals surface area (Å²) in [5.41, 5.74) is 2.11. The van der Waals surface area contributed by atoms with E-state index in [1.165, 1.54) is 49.8 Å². The molecule has 0 radical (unpaired) electrons. The van der Waals surface area contributed by atoms with Crippen LogP contribution in [0.25, 0.3) is 11.1 Å². The smallest absolute Gasteiger partial charge is 0.335 e. The molecule has 5 heteroatoms. The van der Waals surface area contributed by atoms with Gasteiger partial charge in [0.1, 0.15) is 0 Å². The van der Waals surface area contributed by atoms with Gasteiger partial charge in [-0.2, -0.15) is 0 Å². The molecule has 2 aromatic rings. The molecule has 2 rings (SSSR count). The third-order valence-electron chi connectivity index (χ3n) is 4.53. The number of carbonyl (C=O) groups is 1. The molecule has 0 spiro atoms. The number of aromatic carboxylic acids is 1. The van der Waals surface area contributed by atoms with Gasteiger partial charge in [-0.05, 0) is 36.1 Å². The first-order chi connectivity index (χ1) is 12.5. The maximum absolute atomic E-state index is 11.3. The molecular formula is C21H25NO4. The van der Waals surface area contributed by atoms with Crippen LogP contribution in [0.4, 0.5) is 5.69 Å². The van der Waals surface area contributed by atoms with Crippen LogP contribution >= 0.6 is 0 Å². The number of hydrogen-bond donors (Lipinski definition) is 1. The van der Waals surface area contributed by atoms with E-state index in [9.17, 15) is 14.9 Å². The average molecular weight is 355 g/mol. The lowest BCUT2D eigenvalue weighted by molar-refractivity contribution is -0.384. The molecule has 0 bridgehead atoms. The second kappa shape index (κ2) is 9.70. The highest BCUT2D eigenvalue weighted by atomic mass is 16.6. The SMILES string of the molecule is CCCCCCCCc1ccc(-c2ccc(C(=O)O)cc2[N+](=O)[O-])cc1. The fourth-order valence-corrected chi connectivity index (χ4v) is 3.02. The number of aryl methyl sites for hydroxylation is 1. The van der Waals surface area contributed by atoms with E-state index < -0.39 is 10.9 Å². The Bertz CT molecular complexity index is 753. The second-order valence-corrected chi connectivity index (χ2v) is 6.51. The Morgan fingerprint density at radius 3 is 2.27 bits per heavy atom. The molecule has 1 N–H and O–H groups in total. The minimum Gasteiger partial charge on any atom is -0.478 e. The zero-order valence-electron chi connectivity index (χ0n) is 15.1. The van der Waals surface area contributed by atoms with Crippen molar-refractivity contribution in [1.82, 2.24) is 0 Å². The number of benzene rings is 2. The monoisotopic (exact) mass is 355 g/mol. The van der Waals surface area contributed by atoms with Crippen LogP contribution in [0, 0.1) is 10.1 Å². The van der Waals surface area contributed by atoms with E-state index in [0.29, 0.717) is 5.56 Å². The van der Waals surface area contributed by atoms with Crippen molar-refractivity contribution in [2.75, 3.05) is 0 Å². The number of rotatable bonds is 10. The van der Waals surface area contributed by atoms with Crippen LogP contribution in [0.15, 0.2) is 42.5 Å². The normalized spacial score (nSPS) is 10.7. The van der Waals surface area contributed by atoms with Gasteiger partial charge >= 0.3 is 5.97 Å². The van der Waals surface area contributed by atoms with Crippen molar-refractivity contribution >= 4 is 11.7 Å². The van der Waals surface area contributed by atoms with Crippen LogP contribution in [0.3, 0.4) is 0 Å². The van der Waals surface area contributed by atoms with E-state index in [0.717, 1.165) is 24.5 Å². The van der Waals surface area contributed by atoms with Crippen LogP contribution in [-0.2, 0) is 6.42 Å². The van der Waals surface area contributed by atoms with Gasteiger partial charge in [0, 0.05) is 6.07 Å². The van der Waals surface area contributed by atoms with E-state index in [-0.39, 0.29) is 11.3 Å². The molecule has 0 amide bonds. The number of nitrogens with zero attached hydrogens (tertiary/aromatic N) is 1. The summed E-state index contributed by atoms with van der Waals surface area (Å²) in [4.78, 5) is 21.8. The predicted molar refractivity (Wildman–Crippen MR) is 103 cm³/mol. The number of carboxylic acids is 1. The third kappa shape index (κ3) is 5.41. The molecule has 0 aromatic heterocycles. The number of nitro groups is 1. The van der Waals surface area contributed by atoms with Gasteiger partial charge in [0.25, 0.3) is 5.69 Å². The molecule has 138 valence electrons. The summed E-state index contributed by atoms with van der Waals surface area (Å²) in [5.74, 6) is -1.17. The van der Waals surface area contributed by atoms with Crippen molar-refractivity contribution in [3.05, 3.63) is 63.7 Å². The maximum atomic E-state index is 11.3. The van der Waals surface area contributed by atoms with E-state index in [1.54, 1.807) is 0 Å². The first-order valence-electron chi connectivity index (χ1n) is 9.14. The Balaban J connectivity index is 2.06. The van der Waals surface area contributed by atoms with Crippen LogP contribution < -0.4 is 0 Å². The van der Waals surface area contributed by atoms with Crippen molar-refractivity contribution in [3.8, 4) is 11.1 Å². The Morgan fingerprint density at radius 2 is 1.65 bits per heavy atom. The summed E-state index contributed by atoms with van der Waals surface area (Å²) in [6.45, 7) is 2.21. The van der Waals surface area contributed by atoms with E-state index >= 15 is 0 Å². The lowest BCUT2D eigenvalue weighted by Crippen LogP contribution is -1.99. The number of unbranched alkanes of at least 4 members (excludes halogenated alkanes) is 5. The molecule has 0 heterocycles. The van der Waals surface area contributed by atoms with Crippen molar-refractivity contribution in [1.29, 1.82) is 0 Å². The molecule has 0 aliphatic rings. The zero-order valence-corrected chi connectivity index (χ0v) is 15.1. The van der Waals surface area contributed by atoms with Crippen LogP contribution in [0.1, 0.15) is 61.4 Å². The molecule has 0 aliphatic carbocycles. The molecule has 0 fully saturated rings. The second-order valence-electron chi connectivity index (χ2n) is 6.51. The molecule has 2 aromatic carbocycles. The molecule has 5 nitrogen and oxygen atoms in total. The highest BCUT2D eigenvalue weighted by Crippen LogP contribution is 2.31. The van der Waals surface area contributed by atoms with Crippen molar-refractivity contribution in [3.63, 3.8) is 0 Å². The predicted octanol–water partition coefficient (Wildman–Crippen LogP) is 5.86. The lowest BCUT2D eigenvalue weighted by atomic mass is 9.98. The molecular weight excluding hydrogens is 330 g/mol. The summed E-state index contributed by atoms with van der Waals surface area (Å²) in [7, 11) is 0. The Labute approximate surface area is 153 Å². The largest absolute Gasteiger partial charge is 0.478 e. The average Bonchev–Trinajstić information content (AvgIpc) is 2.64. The van der Waals surface area contributed by atoms with Crippen LogP contribution in [0.5, 0.6) is 0 Å². The first-order valence-corrected chi connectivity index (χ1v) is 9.14. The van der Waals surface area contributed by atoms with E-state index in [4.69, 9.17) is 5.11 Å². The van der Waals surface area contributed by atoms with E-state index in [2.05, 4.69) is 6.92 Å². The van der Waals surface area contributed by atoms with Crippen molar-refractivity contribution in [2.45, 2.75) is 51.9 Å². The Hall–Kier alpha value is -2.69. The zero-order chi connectivity index (χ0) is 18.9. The lowest BCUT2D eigenvalue weighted by Gasteiger charge is -2.07. The van der Waals surface area contributed by atoms with Gasteiger partial charge in [-0.3, -0.25) is 10.1 Å². The molecule has 0 saturated carbocycles. The summed E-state index contributed by atoms with van der Waals surface area (Å²) < 4.78 is 0. The highest BCUT2D eigenvalue weighted by molar-refractivity contribution is 5.90. The Morgan fingerprint density at radius 1 is 1.00 bits per heavy atom. The maximum Gasteiger partial charge on any atom is 0.335 e. The fourth-order valence-electron chi connectivity index (χ4n) is 3.02. The quantitative estimate of drug-likeness (QED) is 0.329. The first kappa shape index (κ1) is 19.6. The molecule has 0 aliphatic heterocycles. The molecule has 0 unspecified atom stereocenters. The van der Waals surface area contributed by atoms with Gasteiger partial charge in [-0.15, -0.1) is 0 Å². The van der Waals surface area contributed by atoms with Crippen molar-refractivity contribution < 1.29 is 14.8 Å². The standard InChI is InChI=1S/C21H25NO4/c1-2-3-4-5-6-7-8-16-9-11-17(12-10-16)19-14-13-18(21(23)24)15-20(19)22(25)26/h9-15H,2-8H2,1H3,(H,23,24). The summed E-state index contributed by atoms with van der Waals surface area (Å²) >= 11 is 0. The summed E-state index contributed by atoms with van der Waals surface area (Å²) in [6, 6.07) is 11.7. The summed E-state index contributed by atoms with van der Waals surface area (Å²) in [6.07, 6.45) is 8.50. The number of hydrogen-bond acceptors (Lipinski definition) is 3. The van der Waals surface area contributed by atoms with Gasteiger partial charge < -0.3 is 5.11 Å². The fraction of sp³-hybridized carbons (Fsp3) is 0.381. The minimum atomic E-state index is -1.17. The third-order valence-corrected chi connectivity index (χ3v) is 4.53. The molecule has 0 atom stereocenters. The Kier molecular flexibility index (Phi) is 7.33. The minimum absolute atomic E-state index is 0.0832. The van der Waals surface area contributed by atoms with Crippen LogP contribution in [-0.4, -0.2) is 16.0 Å².